The molecule has 4 heterocycles. The lowest BCUT2D eigenvalue weighted by Gasteiger charge is -2.34. The van der Waals surface area contributed by atoms with Gasteiger partial charge in [0.2, 0.25) is 0 Å². The molecule has 40 heavy (non-hydrogen) atoms. The van der Waals surface area contributed by atoms with Crippen LogP contribution in [-0.2, 0) is 18.9 Å². The highest BCUT2D eigenvalue weighted by atomic mass is 32.2. The summed E-state index contributed by atoms with van der Waals surface area (Å²) in [5.74, 6) is 0.855. The van der Waals surface area contributed by atoms with Gasteiger partial charge in [-0.2, -0.15) is 5.26 Å². The molecule has 3 aromatic rings. The highest BCUT2D eigenvalue weighted by Gasteiger charge is 2.38. The second kappa shape index (κ2) is 10.6. The van der Waals surface area contributed by atoms with Gasteiger partial charge in [0.1, 0.15) is 23.1 Å². The van der Waals surface area contributed by atoms with Crippen molar-refractivity contribution in [2.45, 2.75) is 33.6 Å². The summed E-state index contributed by atoms with van der Waals surface area (Å²) < 4.78 is 4.98. The number of nitrogens with zero attached hydrogens (tertiary/aromatic N) is 6. The summed E-state index contributed by atoms with van der Waals surface area (Å²) in [4.78, 5) is 44.4. The van der Waals surface area contributed by atoms with Crippen molar-refractivity contribution in [3.05, 3.63) is 78.3 Å². The predicted molar refractivity (Wildman–Crippen MR) is 163 cm³/mol. The van der Waals surface area contributed by atoms with Crippen molar-refractivity contribution in [3.63, 3.8) is 0 Å². The number of rotatable bonds is 4. The number of para-hydroxylation sites is 1. The second-order valence-electron chi connectivity index (χ2n) is 10.3. The largest absolute Gasteiger partial charge is 0.357 e. The maximum Gasteiger partial charge on any atom is 0.296 e. The lowest BCUT2D eigenvalue weighted by atomic mass is 9.97. The number of pyridine rings is 1. The van der Waals surface area contributed by atoms with Crippen LogP contribution >= 0.6 is 24.0 Å². The molecule has 0 saturated carbocycles. The third-order valence-electron chi connectivity index (χ3n) is 7.87. The monoisotopic (exact) mass is 574 g/mol. The molecule has 2 saturated heterocycles. The van der Waals surface area contributed by atoms with E-state index in [4.69, 9.17) is 12.2 Å². The van der Waals surface area contributed by atoms with Crippen LogP contribution in [0.25, 0.3) is 11.8 Å². The van der Waals surface area contributed by atoms with E-state index in [2.05, 4.69) is 11.8 Å². The van der Waals surface area contributed by atoms with E-state index in [1.807, 2.05) is 36.4 Å². The molecule has 0 N–H and O–H groups in total. The van der Waals surface area contributed by atoms with Gasteiger partial charge in [-0.25, -0.2) is 4.68 Å². The summed E-state index contributed by atoms with van der Waals surface area (Å²) in [7, 11) is 3.43. The average Bonchev–Trinajstić information content (AvgIpc) is 3.33. The number of piperidine rings is 1. The summed E-state index contributed by atoms with van der Waals surface area (Å²) in [5.41, 5.74) is 1.97. The third-order valence-corrected chi connectivity index (χ3v) is 9.17. The van der Waals surface area contributed by atoms with E-state index in [-0.39, 0.29) is 26.7 Å². The van der Waals surface area contributed by atoms with Gasteiger partial charge in [0.25, 0.3) is 17.0 Å². The molecule has 0 spiro atoms. The summed E-state index contributed by atoms with van der Waals surface area (Å²) in [5, 5.41) is 9.77. The fourth-order valence-electron chi connectivity index (χ4n) is 5.42. The van der Waals surface area contributed by atoms with Crippen LogP contribution in [0, 0.1) is 31.1 Å². The van der Waals surface area contributed by atoms with Crippen molar-refractivity contribution in [1.82, 2.24) is 13.9 Å². The number of anilines is 2. The Kier molecular flexibility index (Phi) is 7.33. The van der Waals surface area contributed by atoms with Gasteiger partial charge in [-0.3, -0.25) is 28.5 Å². The molecule has 11 heteroatoms. The number of hydrogen-bond donors (Lipinski definition) is 0. The number of hydrogen-bond acceptors (Lipinski definition) is 7. The van der Waals surface area contributed by atoms with Crippen LogP contribution in [0.2, 0.25) is 0 Å². The molecule has 2 fully saturated rings. The van der Waals surface area contributed by atoms with Crippen LogP contribution in [0.3, 0.4) is 0 Å². The van der Waals surface area contributed by atoms with E-state index in [1.54, 1.807) is 38.7 Å². The Balaban J connectivity index is 1.63. The number of carbonyl (C=O) groups is 1. The number of aromatic nitrogens is 3. The fraction of sp³-hybridized carbons (Fsp3) is 0.345. The number of carbonyl (C=O) groups excluding carboxylic acids is 1. The van der Waals surface area contributed by atoms with Gasteiger partial charge in [-0.1, -0.05) is 49.1 Å². The number of benzene rings is 1. The van der Waals surface area contributed by atoms with E-state index in [9.17, 15) is 19.6 Å². The lowest BCUT2D eigenvalue weighted by molar-refractivity contribution is -0.113. The molecule has 9 nitrogen and oxygen atoms in total. The summed E-state index contributed by atoms with van der Waals surface area (Å²) in [6.45, 7) is 7.27. The smallest absolute Gasteiger partial charge is 0.296 e. The van der Waals surface area contributed by atoms with Gasteiger partial charge in [-0.05, 0) is 56.4 Å². The average molecular weight is 575 g/mol. The SMILES string of the molecule is Cc1c(/C=C2\SC(=S)N(c3c(C)n(C)n(-c4ccccc4)c3=O)C2=O)c(N2CCC(C)CC2)n(C)c(=O)c1C#N. The minimum absolute atomic E-state index is 0.0445. The van der Waals surface area contributed by atoms with Gasteiger partial charge in [0, 0.05) is 32.7 Å². The van der Waals surface area contributed by atoms with Crippen LogP contribution in [0.5, 0.6) is 0 Å². The molecule has 2 aromatic heterocycles. The standard InChI is InChI=1S/C29H30N6O3S2/c1-17-11-13-33(14-12-17)25-21(18(2)22(16-30)26(36)31(25)4)15-23-27(37)34(29(39)40-23)24-19(3)32(5)35(28(24)38)20-9-7-6-8-10-20/h6-10,15,17H,11-14H2,1-5H3/b23-15-. The van der Waals surface area contributed by atoms with E-state index in [0.29, 0.717) is 39.1 Å². The second-order valence-corrected chi connectivity index (χ2v) is 12.0. The number of amides is 1. The van der Waals surface area contributed by atoms with E-state index < -0.39 is 5.91 Å². The van der Waals surface area contributed by atoms with Crippen LogP contribution in [0.1, 0.15) is 42.1 Å². The maximum absolute atomic E-state index is 13.9. The zero-order valence-corrected chi connectivity index (χ0v) is 24.7. The van der Waals surface area contributed by atoms with E-state index in [1.165, 1.54) is 14.1 Å². The molecular weight excluding hydrogens is 544 g/mol. The van der Waals surface area contributed by atoms with Crippen LogP contribution < -0.4 is 20.9 Å². The predicted octanol–water partition coefficient (Wildman–Crippen LogP) is 4.01. The topological polar surface area (TPSA) is 96.3 Å². The van der Waals surface area contributed by atoms with E-state index in [0.717, 1.165) is 37.7 Å². The molecule has 0 radical (unpaired) electrons. The Morgan fingerprint density at radius 3 is 2.33 bits per heavy atom. The Morgan fingerprint density at radius 1 is 1.05 bits per heavy atom. The fourth-order valence-corrected chi connectivity index (χ4v) is 6.67. The minimum atomic E-state index is -0.411. The highest BCUT2D eigenvalue weighted by Crippen LogP contribution is 2.38. The first-order chi connectivity index (χ1) is 19.1. The summed E-state index contributed by atoms with van der Waals surface area (Å²) in [6.07, 6.45) is 3.68. The Morgan fingerprint density at radius 2 is 1.70 bits per heavy atom. The van der Waals surface area contributed by atoms with Gasteiger partial charge < -0.3 is 4.90 Å². The van der Waals surface area contributed by atoms with Crippen molar-refractivity contribution in [2.75, 3.05) is 22.9 Å². The zero-order chi connectivity index (χ0) is 28.9. The van der Waals surface area contributed by atoms with Crippen molar-refractivity contribution in [1.29, 1.82) is 5.26 Å². The van der Waals surface area contributed by atoms with Crippen molar-refractivity contribution >= 4 is 51.8 Å². The van der Waals surface area contributed by atoms with Crippen LogP contribution in [-0.4, -0.2) is 37.2 Å². The number of thiocarbonyl (C=S) groups is 1. The molecule has 1 amide bonds. The highest BCUT2D eigenvalue weighted by molar-refractivity contribution is 8.27. The third kappa shape index (κ3) is 4.41. The first kappa shape index (κ1) is 27.7. The minimum Gasteiger partial charge on any atom is -0.357 e. The Labute approximate surface area is 241 Å². The molecule has 1 aromatic carbocycles. The van der Waals surface area contributed by atoms with Crippen LogP contribution in [0.4, 0.5) is 11.5 Å². The molecule has 0 aliphatic carbocycles. The Bertz CT molecular complexity index is 1730. The normalized spacial score (nSPS) is 17.2. The molecule has 206 valence electrons. The molecule has 2 aliphatic rings. The lowest BCUT2D eigenvalue weighted by Crippen LogP contribution is -2.38. The summed E-state index contributed by atoms with van der Waals surface area (Å²) >= 11 is 6.74. The van der Waals surface area contributed by atoms with Crippen LogP contribution in [0.15, 0.2) is 44.8 Å². The zero-order valence-electron chi connectivity index (χ0n) is 23.1. The molecular formula is C29H30N6O3S2. The number of thioether (sulfide) groups is 1. The first-order valence-electron chi connectivity index (χ1n) is 13.1. The number of nitriles is 1. The van der Waals surface area contributed by atoms with Gasteiger partial charge in [-0.15, -0.1) is 0 Å². The molecule has 0 atom stereocenters. The Hall–Kier alpha value is -3.88. The van der Waals surface area contributed by atoms with Gasteiger partial charge in [0.15, 0.2) is 4.32 Å². The van der Waals surface area contributed by atoms with Crippen molar-refractivity contribution in [2.24, 2.45) is 20.0 Å². The van der Waals surface area contributed by atoms with E-state index >= 15 is 0 Å². The molecule has 5 rings (SSSR count). The molecule has 0 bridgehead atoms. The van der Waals surface area contributed by atoms with Gasteiger partial charge in [0.05, 0.1) is 16.3 Å². The maximum atomic E-state index is 13.9. The first-order valence-corrected chi connectivity index (χ1v) is 14.3. The summed E-state index contributed by atoms with van der Waals surface area (Å²) in [6, 6.07) is 11.3. The van der Waals surface area contributed by atoms with Crippen molar-refractivity contribution < 1.29 is 4.79 Å². The van der Waals surface area contributed by atoms with Gasteiger partial charge >= 0.3 is 0 Å². The quantitative estimate of drug-likeness (QED) is 0.343. The van der Waals surface area contributed by atoms with Crippen molar-refractivity contribution in [3.8, 4) is 11.8 Å². The molecule has 2 aliphatic heterocycles. The molecule has 0 unspecified atom stereocenters.